The van der Waals surface area contributed by atoms with Crippen LogP contribution in [0.1, 0.15) is 45.3 Å². The number of carbonyl (C=O) groups is 2. The van der Waals surface area contributed by atoms with Crippen LogP contribution in [0.4, 0.5) is 5.95 Å². The number of primary amides is 1. The van der Waals surface area contributed by atoms with E-state index in [-0.39, 0.29) is 11.8 Å². The van der Waals surface area contributed by atoms with Gasteiger partial charge in [-0.3, -0.25) is 14.6 Å². The number of rotatable bonds is 5. The summed E-state index contributed by atoms with van der Waals surface area (Å²) in [5.74, 6) is 0.145. The highest BCUT2D eigenvalue weighted by atomic mass is 16.2. The maximum absolute atomic E-state index is 13.0. The molecule has 3 aromatic rings. The summed E-state index contributed by atoms with van der Waals surface area (Å²) in [6.45, 7) is 1.26. The highest BCUT2D eigenvalue weighted by Gasteiger charge is 2.29. The first-order valence-electron chi connectivity index (χ1n) is 10.6. The van der Waals surface area contributed by atoms with E-state index in [0.29, 0.717) is 30.3 Å². The van der Waals surface area contributed by atoms with Crippen LogP contribution in [0.15, 0.2) is 54.9 Å². The lowest BCUT2D eigenvalue weighted by Crippen LogP contribution is -2.39. The van der Waals surface area contributed by atoms with Crippen LogP contribution < -0.4 is 10.6 Å². The number of nitrogens with two attached hydrogens (primary N) is 1. The highest BCUT2D eigenvalue weighted by Crippen LogP contribution is 2.34. The van der Waals surface area contributed by atoms with Crippen LogP contribution in [0.25, 0.3) is 11.1 Å². The van der Waals surface area contributed by atoms with Crippen molar-refractivity contribution in [2.45, 2.75) is 18.8 Å². The molecule has 2 aromatic heterocycles. The van der Waals surface area contributed by atoms with Gasteiger partial charge in [0.2, 0.25) is 11.9 Å². The van der Waals surface area contributed by atoms with Gasteiger partial charge in [0.05, 0.1) is 5.69 Å². The first kappa shape index (κ1) is 21.4. The molecule has 4 rings (SSSR count). The number of anilines is 1. The van der Waals surface area contributed by atoms with Crippen LogP contribution in [-0.4, -0.2) is 58.9 Å². The quantitative estimate of drug-likeness (QED) is 0.667. The van der Waals surface area contributed by atoms with E-state index < -0.39 is 5.91 Å². The average molecular weight is 431 g/mol. The SMILES string of the molecule is CN(C)c1ncc(-c2ccc(C(N)=O)cc2)c([C@H]2CCCN(C(=O)c3ccccn3)C2)n1. The van der Waals surface area contributed by atoms with Gasteiger partial charge in [-0.1, -0.05) is 18.2 Å². The van der Waals surface area contributed by atoms with Crippen molar-refractivity contribution in [2.24, 2.45) is 5.73 Å². The Labute approximate surface area is 187 Å². The van der Waals surface area contributed by atoms with Gasteiger partial charge in [0.1, 0.15) is 5.69 Å². The molecule has 8 nitrogen and oxygen atoms in total. The van der Waals surface area contributed by atoms with Crippen LogP contribution >= 0.6 is 0 Å². The Hall–Kier alpha value is -3.81. The summed E-state index contributed by atoms with van der Waals surface area (Å²) in [4.78, 5) is 41.7. The van der Waals surface area contributed by atoms with Gasteiger partial charge in [-0.15, -0.1) is 0 Å². The first-order valence-corrected chi connectivity index (χ1v) is 10.6. The molecule has 2 amide bonds. The molecule has 2 N–H and O–H groups in total. The largest absolute Gasteiger partial charge is 0.366 e. The second kappa shape index (κ2) is 9.13. The van der Waals surface area contributed by atoms with Gasteiger partial charge in [0, 0.05) is 56.6 Å². The van der Waals surface area contributed by atoms with Crippen molar-refractivity contribution in [2.75, 3.05) is 32.1 Å². The topological polar surface area (TPSA) is 105 Å². The molecule has 1 aliphatic heterocycles. The molecule has 0 bridgehead atoms. The number of carbonyl (C=O) groups excluding carboxylic acids is 2. The Morgan fingerprint density at radius 2 is 1.88 bits per heavy atom. The monoisotopic (exact) mass is 430 g/mol. The van der Waals surface area contributed by atoms with Gasteiger partial charge in [0.15, 0.2) is 0 Å². The third-order valence-corrected chi connectivity index (χ3v) is 5.67. The first-order chi connectivity index (χ1) is 15.4. The zero-order chi connectivity index (χ0) is 22.7. The Balaban J connectivity index is 1.68. The van der Waals surface area contributed by atoms with Crippen LogP contribution in [0.3, 0.4) is 0 Å². The van der Waals surface area contributed by atoms with E-state index in [0.717, 1.165) is 29.7 Å². The van der Waals surface area contributed by atoms with E-state index in [2.05, 4.69) is 9.97 Å². The van der Waals surface area contributed by atoms with Crippen LogP contribution in [0, 0.1) is 0 Å². The average Bonchev–Trinajstić information content (AvgIpc) is 2.84. The molecule has 3 heterocycles. The van der Waals surface area contributed by atoms with Gasteiger partial charge in [-0.25, -0.2) is 9.97 Å². The molecule has 32 heavy (non-hydrogen) atoms. The zero-order valence-corrected chi connectivity index (χ0v) is 18.2. The molecule has 1 fully saturated rings. The van der Waals surface area contributed by atoms with Crippen molar-refractivity contribution >= 4 is 17.8 Å². The Morgan fingerprint density at radius 1 is 1.09 bits per heavy atom. The van der Waals surface area contributed by atoms with Gasteiger partial charge >= 0.3 is 0 Å². The van der Waals surface area contributed by atoms with Gasteiger partial charge in [-0.05, 0) is 42.7 Å². The second-order valence-electron chi connectivity index (χ2n) is 8.11. The van der Waals surface area contributed by atoms with Crippen LogP contribution in [-0.2, 0) is 0 Å². The minimum atomic E-state index is -0.466. The van der Waals surface area contributed by atoms with Crippen molar-refractivity contribution in [3.63, 3.8) is 0 Å². The lowest BCUT2D eigenvalue weighted by molar-refractivity contribution is 0.0700. The summed E-state index contributed by atoms with van der Waals surface area (Å²) in [5.41, 5.74) is 8.98. The molecule has 1 saturated heterocycles. The fourth-order valence-electron chi connectivity index (χ4n) is 3.98. The molecule has 164 valence electrons. The maximum atomic E-state index is 13.0. The molecule has 0 saturated carbocycles. The van der Waals surface area contributed by atoms with Crippen LogP contribution in [0.5, 0.6) is 0 Å². The fourth-order valence-corrected chi connectivity index (χ4v) is 3.98. The van der Waals surface area contributed by atoms with E-state index >= 15 is 0 Å². The van der Waals surface area contributed by atoms with Gasteiger partial charge in [0.25, 0.3) is 5.91 Å². The van der Waals surface area contributed by atoms with Gasteiger partial charge < -0.3 is 15.5 Å². The summed E-state index contributed by atoms with van der Waals surface area (Å²) in [6, 6.07) is 12.5. The molecule has 8 heteroatoms. The van der Waals surface area contributed by atoms with Gasteiger partial charge in [-0.2, -0.15) is 0 Å². The summed E-state index contributed by atoms with van der Waals surface area (Å²) < 4.78 is 0. The molecular weight excluding hydrogens is 404 g/mol. The standard InChI is InChI=1S/C24H26N6O2/c1-29(2)24-27-14-19(16-8-10-17(11-9-16)22(25)31)21(28-24)18-6-5-13-30(15-18)23(32)20-7-3-4-12-26-20/h3-4,7-12,14,18H,5-6,13,15H2,1-2H3,(H2,25,31)/t18-/m0/s1. The van der Waals surface area contributed by atoms with Crippen LogP contribution in [0.2, 0.25) is 0 Å². The van der Waals surface area contributed by atoms with E-state index in [1.54, 1.807) is 30.5 Å². The predicted octanol–water partition coefficient (Wildman–Crippen LogP) is 2.72. The fraction of sp³-hybridized carbons (Fsp3) is 0.292. The summed E-state index contributed by atoms with van der Waals surface area (Å²) in [5, 5.41) is 0. The summed E-state index contributed by atoms with van der Waals surface area (Å²) in [7, 11) is 3.80. The molecule has 0 aliphatic carbocycles. The number of piperidine rings is 1. The molecule has 0 unspecified atom stereocenters. The number of hydrogen-bond acceptors (Lipinski definition) is 6. The number of hydrogen-bond donors (Lipinski definition) is 1. The predicted molar refractivity (Wildman–Crippen MR) is 122 cm³/mol. The third kappa shape index (κ3) is 4.44. The smallest absolute Gasteiger partial charge is 0.272 e. The summed E-state index contributed by atoms with van der Waals surface area (Å²) >= 11 is 0. The maximum Gasteiger partial charge on any atom is 0.272 e. The van der Waals surface area contributed by atoms with Crippen molar-refractivity contribution in [1.29, 1.82) is 0 Å². The Bertz CT molecular complexity index is 1120. The van der Waals surface area contributed by atoms with Crippen molar-refractivity contribution in [1.82, 2.24) is 19.9 Å². The van der Waals surface area contributed by atoms with Crippen molar-refractivity contribution < 1.29 is 9.59 Å². The Kier molecular flexibility index (Phi) is 6.11. The normalized spacial score (nSPS) is 15.9. The minimum absolute atomic E-state index is 0.0592. The molecule has 1 aliphatic rings. The number of pyridine rings is 1. The molecule has 0 spiro atoms. The second-order valence-corrected chi connectivity index (χ2v) is 8.11. The van der Waals surface area contributed by atoms with E-state index in [1.807, 2.05) is 48.3 Å². The molecule has 1 atom stereocenters. The third-order valence-electron chi connectivity index (χ3n) is 5.67. The van der Waals surface area contributed by atoms with Crippen molar-refractivity contribution in [3.05, 3.63) is 71.8 Å². The number of amides is 2. The number of nitrogens with zero attached hydrogens (tertiary/aromatic N) is 5. The zero-order valence-electron chi connectivity index (χ0n) is 18.2. The summed E-state index contributed by atoms with van der Waals surface area (Å²) in [6.07, 6.45) is 5.25. The molecule has 1 aromatic carbocycles. The molecular formula is C24H26N6O2. The lowest BCUT2D eigenvalue weighted by atomic mass is 9.89. The Morgan fingerprint density at radius 3 is 2.53 bits per heavy atom. The van der Waals surface area contributed by atoms with E-state index in [9.17, 15) is 9.59 Å². The molecule has 0 radical (unpaired) electrons. The van der Waals surface area contributed by atoms with Crippen molar-refractivity contribution in [3.8, 4) is 11.1 Å². The number of aromatic nitrogens is 3. The number of benzene rings is 1. The lowest BCUT2D eigenvalue weighted by Gasteiger charge is -2.33. The number of likely N-dealkylation sites (tertiary alicyclic amines) is 1. The van der Waals surface area contributed by atoms with E-state index in [1.165, 1.54) is 0 Å². The van der Waals surface area contributed by atoms with E-state index in [4.69, 9.17) is 10.7 Å². The highest BCUT2D eigenvalue weighted by molar-refractivity contribution is 5.93. The minimum Gasteiger partial charge on any atom is -0.366 e.